The molecule has 0 fully saturated rings. The topological polar surface area (TPSA) is 82.2 Å². The molecule has 0 radical (unpaired) electrons. The van der Waals surface area contributed by atoms with Crippen LogP contribution in [0.4, 0.5) is 0 Å². The van der Waals surface area contributed by atoms with E-state index in [1.165, 1.54) is 0 Å². The molecule has 1 unspecified atom stereocenters. The van der Waals surface area contributed by atoms with Crippen LogP contribution < -0.4 is 0 Å². The van der Waals surface area contributed by atoms with Gasteiger partial charge in [0.25, 0.3) is 0 Å². The van der Waals surface area contributed by atoms with Crippen LogP contribution in [0, 0.1) is 0 Å². The number of furan rings is 1. The molecule has 8 heteroatoms. The van der Waals surface area contributed by atoms with Crippen molar-refractivity contribution in [3.05, 3.63) is 72.8 Å². The third-order valence-corrected chi connectivity index (χ3v) is 5.97. The fourth-order valence-corrected chi connectivity index (χ4v) is 4.46. The number of nitrogens with zero attached hydrogens (tertiary/aromatic N) is 5. The van der Waals surface area contributed by atoms with Crippen LogP contribution in [-0.2, 0) is 0 Å². The Morgan fingerprint density at radius 1 is 0.900 bits per heavy atom. The first-order valence-electron chi connectivity index (χ1n) is 9.48. The van der Waals surface area contributed by atoms with E-state index < -0.39 is 0 Å². The van der Waals surface area contributed by atoms with Crippen LogP contribution >= 0.6 is 11.8 Å². The van der Waals surface area contributed by atoms with E-state index in [4.69, 9.17) is 18.9 Å². The first-order chi connectivity index (χ1) is 14.8. The Morgan fingerprint density at radius 3 is 2.60 bits per heavy atom. The summed E-state index contributed by atoms with van der Waals surface area (Å²) in [6, 6.07) is 19.7. The van der Waals surface area contributed by atoms with Crippen molar-refractivity contribution >= 4 is 39.3 Å². The summed E-state index contributed by atoms with van der Waals surface area (Å²) < 4.78 is 13.0. The van der Waals surface area contributed by atoms with Crippen molar-refractivity contribution in [1.29, 1.82) is 0 Å². The van der Waals surface area contributed by atoms with E-state index in [0.29, 0.717) is 17.5 Å². The van der Waals surface area contributed by atoms with Crippen molar-refractivity contribution in [2.45, 2.75) is 17.3 Å². The Hall–Kier alpha value is -3.65. The number of aromatic nitrogens is 5. The fraction of sp³-hybridized carbons (Fsp3) is 0.0909. The molecule has 4 aromatic heterocycles. The third-order valence-electron chi connectivity index (χ3n) is 4.93. The van der Waals surface area contributed by atoms with Gasteiger partial charge in [-0.2, -0.15) is 4.98 Å². The second kappa shape index (κ2) is 6.70. The Kier molecular flexibility index (Phi) is 3.85. The van der Waals surface area contributed by atoms with Crippen LogP contribution in [0.1, 0.15) is 18.1 Å². The molecule has 0 N–H and O–H groups in total. The molecule has 2 aromatic carbocycles. The molecule has 0 amide bonds. The molecular weight excluding hydrogens is 398 g/mol. The summed E-state index contributed by atoms with van der Waals surface area (Å²) >= 11 is 1.56. The lowest BCUT2D eigenvalue weighted by molar-refractivity contribution is 0.379. The highest BCUT2D eigenvalue weighted by Gasteiger charge is 2.21. The molecule has 0 aliphatic heterocycles. The number of fused-ring (bicyclic) bond motifs is 5. The molecule has 0 spiro atoms. The van der Waals surface area contributed by atoms with Crippen molar-refractivity contribution in [2.24, 2.45) is 0 Å². The smallest absolute Gasteiger partial charge is 0.240 e. The van der Waals surface area contributed by atoms with Crippen LogP contribution in [-0.4, -0.2) is 24.5 Å². The van der Waals surface area contributed by atoms with Crippen molar-refractivity contribution in [2.75, 3.05) is 0 Å². The number of imidazole rings is 1. The Balaban J connectivity index is 1.48. The Labute approximate surface area is 174 Å². The summed E-state index contributed by atoms with van der Waals surface area (Å²) in [5, 5.41) is 5.77. The number of benzene rings is 2. The van der Waals surface area contributed by atoms with Gasteiger partial charge in [0.1, 0.15) is 5.65 Å². The maximum absolute atomic E-state index is 5.50. The first kappa shape index (κ1) is 17.2. The van der Waals surface area contributed by atoms with Crippen molar-refractivity contribution < 1.29 is 8.94 Å². The minimum atomic E-state index is -0.112. The molecule has 0 aliphatic carbocycles. The molecule has 0 saturated carbocycles. The van der Waals surface area contributed by atoms with Gasteiger partial charge in [-0.15, -0.1) is 0 Å². The molecule has 0 bridgehead atoms. The lowest BCUT2D eigenvalue weighted by atomic mass is 10.2. The van der Waals surface area contributed by atoms with Crippen LogP contribution in [0.2, 0.25) is 0 Å². The molecule has 6 rings (SSSR count). The summed E-state index contributed by atoms with van der Waals surface area (Å²) in [6.07, 6.45) is 1.59. The van der Waals surface area contributed by atoms with E-state index in [-0.39, 0.29) is 5.25 Å². The molecular formula is C22H15N5O2S. The van der Waals surface area contributed by atoms with Gasteiger partial charge >= 0.3 is 0 Å². The third kappa shape index (κ3) is 2.68. The van der Waals surface area contributed by atoms with Gasteiger partial charge in [-0.1, -0.05) is 41.2 Å². The summed E-state index contributed by atoms with van der Waals surface area (Å²) in [4.78, 5) is 14.3. The second-order valence-electron chi connectivity index (χ2n) is 6.86. The van der Waals surface area contributed by atoms with Gasteiger partial charge < -0.3 is 8.94 Å². The minimum absolute atomic E-state index is 0.112. The van der Waals surface area contributed by atoms with Crippen molar-refractivity contribution in [3.63, 3.8) is 0 Å². The molecule has 4 heterocycles. The normalized spacial score (nSPS) is 12.8. The zero-order valence-corrected chi connectivity index (χ0v) is 16.7. The zero-order chi connectivity index (χ0) is 20.1. The number of hydrogen-bond donors (Lipinski definition) is 0. The van der Waals surface area contributed by atoms with Crippen LogP contribution in [0.5, 0.6) is 0 Å². The highest BCUT2D eigenvalue weighted by molar-refractivity contribution is 7.99. The van der Waals surface area contributed by atoms with Gasteiger partial charge in [-0.25, -0.2) is 9.97 Å². The van der Waals surface area contributed by atoms with E-state index in [1.54, 1.807) is 30.2 Å². The van der Waals surface area contributed by atoms with Crippen molar-refractivity contribution in [1.82, 2.24) is 24.5 Å². The highest BCUT2D eigenvalue weighted by atomic mass is 32.2. The number of para-hydroxylation sites is 3. The molecule has 6 aromatic rings. The van der Waals surface area contributed by atoms with Gasteiger partial charge in [0.2, 0.25) is 11.7 Å². The monoisotopic (exact) mass is 413 g/mol. The Morgan fingerprint density at radius 2 is 1.73 bits per heavy atom. The first-order valence-corrected chi connectivity index (χ1v) is 10.4. The van der Waals surface area contributed by atoms with Crippen LogP contribution in [0.3, 0.4) is 0 Å². The standard InChI is InChI=1S/C22H15N5O2S/c1-13(21-25-19(26-29-21)18-11-6-12-28-18)30-22-24-15-8-3-2-7-14(15)20-23-16-9-4-5-10-17(16)27(20)22/h2-13H,1H3. The van der Waals surface area contributed by atoms with Crippen LogP contribution in [0.25, 0.3) is 39.2 Å². The van der Waals surface area contributed by atoms with E-state index >= 15 is 0 Å². The van der Waals surface area contributed by atoms with Gasteiger partial charge in [0.15, 0.2) is 10.9 Å². The number of thioether (sulfide) groups is 1. The van der Waals surface area contributed by atoms with Gasteiger partial charge in [-0.3, -0.25) is 4.40 Å². The summed E-state index contributed by atoms with van der Waals surface area (Å²) in [5.41, 5.74) is 3.74. The lowest BCUT2D eigenvalue weighted by Gasteiger charge is -2.10. The molecule has 0 saturated heterocycles. The zero-order valence-electron chi connectivity index (χ0n) is 15.9. The SMILES string of the molecule is CC(Sc1nc2ccccc2c2nc3ccccc3n12)c1nc(-c2ccco2)no1. The van der Waals surface area contributed by atoms with Gasteiger partial charge in [0.05, 0.1) is 28.1 Å². The lowest BCUT2D eigenvalue weighted by Crippen LogP contribution is -1.99. The molecule has 7 nitrogen and oxygen atoms in total. The Bertz CT molecular complexity index is 1500. The highest BCUT2D eigenvalue weighted by Crippen LogP contribution is 2.37. The predicted octanol–water partition coefficient (Wildman–Crippen LogP) is 5.53. The largest absolute Gasteiger partial charge is 0.461 e. The summed E-state index contributed by atoms with van der Waals surface area (Å²) in [6.45, 7) is 2.02. The molecule has 146 valence electrons. The second-order valence-corrected chi connectivity index (χ2v) is 8.17. The summed E-state index contributed by atoms with van der Waals surface area (Å²) in [7, 11) is 0. The van der Waals surface area contributed by atoms with E-state index in [2.05, 4.69) is 26.7 Å². The quantitative estimate of drug-likeness (QED) is 0.277. The van der Waals surface area contributed by atoms with E-state index in [1.807, 2.05) is 43.3 Å². The van der Waals surface area contributed by atoms with Gasteiger partial charge in [0, 0.05) is 5.39 Å². The maximum Gasteiger partial charge on any atom is 0.240 e. The van der Waals surface area contributed by atoms with E-state index in [9.17, 15) is 0 Å². The maximum atomic E-state index is 5.50. The number of rotatable bonds is 4. The molecule has 0 aliphatic rings. The number of hydrogen-bond acceptors (Lipinski definition) is 7. The molecule has 1 atom stereocenters. The minimum Gasteiger partial charge on any atom is -0.461 e. The molecule has 30 heavy (non-hydrogen) atoms. The average molecular weight is 413 g/mol. The predicted molar refractivity (Wildman–Crippen MR) is 114 cm³/mol. The van der Waals surface area contributed by atoms with E-state index in [0.717, 1.165) is 32.7 Å². The fourth-order valence-electron chi connectivity index (χ4n) is 3.51. The van der Waals surface area contributed by atoms with Gasteiger partial charge in [-0.05, 0) is 43.3 Å². The van der Waals surface area contributed by atoms with Crippen molar-refractivity contribution in [3.8, 4) is 11.6 Å². The summed E-state index contributed by atoms with van der Waals surface area (Å²) in [5.74, 6) is 1.53. The van der Waals surface area contributed by atoms with Crippen LogP contribution in [0.15, 0.2) is 81.0 Å². The average Bonchev–Trinajstić information content (AvgIpc) is 3.52.